The fourth-order valence-corrected chi connectivity index (χ4v) is 4.28. The summed E-state index contributed by atoms with van der Waals surface area (Å²) in [5, 5.41) is 11.2. The lowest BCUT2D eigenvalue weighted by atomic mass is 10.1. The van der Waals surface area contributed by atoms with Crippen molar-refractivity contribution in [1.29, 1.82) is 0 Å². The third-order valence-corrected chi connectivity index (χ3v) is 6.05. The summed E-state index contributed by atoms with van der Waals surface area (Å²) in [6, 6.07) is 7.20. The average Bonchev–Trinajstić information content (AvgIpc) is 2.87. The summed E-state index contributed by atoms with van der Waals surface area (Å²) in [4.78, 5) is 36.4. The molecule has 2 aromatic rings. The Labute approximate surface area is 183 Å². The number of nitrogens with zero attached hydrogens (tertiary/aromatic N) is 2. The zero-order valence-corrected chi connectivity index (χ0v) is 17.5. The van der Waals surface area contributed by atoms with Gasteiger partial charge in [-0.15, -0.1) is 0 Å². The molecule has 3 rings (SSSR count). The predicted molar refractivity (Wildman–Crippen MR) is 111 cm³/mol. The van der Waals surface area contributed by atoms with E-state index >= 15 is 0 Å². The molecule has 1 saturated heterocycles. The van der Waals surface area contributed by atoms with Crippen molar-refractivity contribution in [2.45, 2.75) is 6.54 Å². The van der Waals surface area contributed by atoms with E-state index in [2.05, 4.69) is 0 Å². The number of rotatable bonds is 4. The van der Waals surface area contributed by atoms with E-state index in [9.17, 15) is 19.7 Å². The molecule has 6 nitrogen and oxygen atoms in total. The molecule has 1 heterocycles. The summed E-state index contributed by atoms with van der Waals surface area (Å²) in [6.45, 7) is -0.102. The van der Waals surface area contributed by atoms with Crippen LogP contribution in [0.1, 0.15) is 11.1 Å². The largest absolute Gasteiger partial charge is 0.293 e. The van der Waals surface area contributed by atoms with Crippen LogP contribution in [0.2, 0.25) is 20.1 Å². The molecule has 0 aliphatic carbocycles. The molecule has 1 aliphatic rings. The van der Waals surface area contributed by atoms with Crippen molar-refractivity contribution in [3.05, 3.63) is 76.6 Å². The van der Waals surface area contributed by atoms with Crippen LogP contribution in [0.25, 0.3) is 6.08 Å². The van der Waals surface area contributed by atoms with Gasteiger partial charge in [-0.05, 0) is 36.0 Å². The van der Waals surface area contributed by atoms with Gasteiger partial charge in [0.15, 0.2) is 0 Å². The van der Waals surface area contributed by atoms with Crippen LogP contribution in [0.5, 0.6) is 0 Å². The van der Waals surface area contributed by atoms with Crippen LogP contribution in [0, 0.1) is 10.1 Å². The first kappa shape index (κ1) is 21.0. The van der Waals surface area contributed by atoms with Gasteiger partial charge in [-0.2, -0.15) is 0 Å². The Hall–Kier alpha value is -1.77. The zero-order chi connectivity index (χ0) is 20.6. The molecule has 0 unspecified atom stereocenters. The first-order valence-electron chi connectivity index (χ1n) is 7.50. The van der Waals surface area contributed by atoms with Crippen molar-refractivity contribution in [2.24, 2.45) is 0 Å². The molecule has 11 heteroatoms. The smallest absolute Gasteiger partial charge is 0.268 e. The van der Waals surface area contributed by atoms with E-state index in [0.717, 1.165) is 11.0 Å². The Morgan fingerprint density at radius 3 is 2.29 bits per heavy atom. The van der Waals surface area contributed by atoms with Gasteiger partial charge < -0.3 is 0 Å². The van der Waals surface area contributed by atoms with Crippen molar-refractivity contribution < 1.29 is 14.5 Å². The van der Waals surface area contributed by atoms with Gasteiger partial charge >= 0.3 is 0 Å². The summed E-state index contributed by atoms with van der Waals surface area (Å²) >= 11 is 24.8. The summed E-state index contributed by atoms with van der Waals surface area (Å²) in [6.07, 6.45) is 1.31. The highest BCUT2D eigenvalue weighted by molar-refractivity contribution is 8.18. The molecule has 1 fully saturated rings. The fraction of sp³-hybridized carbons (Fsp3) is 0.0588. The molecule has 2 aromatic carbocycles. The number of hydrogen-bond donors (Lipinski definition) is 0. The second kappa shape index (κ2) is 8.31. The van der Waals surface area contributed by atoms with Gasteiger partial charge in [0.25, 0.3) is 16.8 Å². The lowest BCUT2D eigenvalue weighted by Crippen LogP contribution is -2.27. The maximum absolute atomic E-state index is 12.7. The number of nitro benzene ring substituents is 1. The Bertz CT molecular complexity index is 1040. The van der Waals surface area contributed by atoms with Crippen molar-refractivity contribution in [2.75, 3.05) is 0 Å². The Morgan fingerprint density at radius 2 is 1.68 bits per heavy atom. The highest BCUT2D eigenvalue weighted by Crippen LogP contribution is 2.38. The van der Waals surface area contributed by atoms with E-state index in [1.54, 1.807) is 18.2 Å². The van der Waals surface area contributed by atoms with Crippen molar-refractivity contribution in [3.8, 4) is 0 Å². The SMILES string of the molecule is O=C1S/C(=C\c2cc([N+](=O)[O-])c(Cl)cc2Cl)C(=O)N1Cc1c(Cl)cccc1Cl. The highest BCUT2D eigenvalue weighted by atomic mass is 35.5. The van der Waals surface area contributed by atoms with E-state index in [1.165, 1.54) is 12.1 Å². The minimum atomic E-state index is -0.666. The van der Waals surface area contributed by atoms with Crippen LogP contribution < -0.4 is 0 Å². The quantitative estimate of drug-likeness (QED) is 0.287. The molecule has 144 valence electrons. The number of carbonyl (C=O) groups excluding carboxylic acids is 2. The van der Waals surface area contributed by atoms with E-state index < -0.39 is 16.1 Å². The molecule has 0 N–H and O–H groups in total. The van der Waals surface area contributed by atoms with Gasteiger partial charge in [0.2, 0.25) is 0 Å². The molecular weight excluding hydrogens is 470 g/mol. The van der Waals surface area contributed by atoms with Crippen LogP contribution in [-0.2, 0) is 11.3 Å². The van der Waals surface area contributed by atoms with Gasteiger partial charge in [0.1, 0.15) is 5.02 Å². The standard InChI is InChI=1S/C17H8Cl4N2O4S/c18-10-2-1-3-11(19)9(10)7-22-16(24)15(28-17(22)25)5-8-4-14(23(26)27)13(21)6-12(8)20/h1-6H,7H2/b15-5-. The number of hydrogen-bond acceptors (Lipinski definition) is 5. The summed E-state index contributed by atoms with van der Waals surface area (Å²) in [5.74, 6) is -0.584. The van der Waals surface area contributed by atoms with Crippen molar-refractivity contribution in [1.82, 2.24) is 4.90 Å². The van der Waals surface area contributed by atoms with Crippen LogP contribution in [0.4, 0.5) is 10.5 Å². The first-order chi connectivity index (χ1) is 13.2. The molecular formula is C17H8Cl4N2O4S. The molecule has 2 amide bonds. The number of carbonyl (C=O) groups is 2. The molecule has 0 atom stereocenters. The lowest BCUT2D eigenvalue weighted by molar-refractivity contribution is -0.384. The molecule has 0 aromatic heterocycles. The average molecular weight is 478 g/mol. The molecule has 0 bridgehead atoms. The normalized spacial score (nSPS) is 15.6. The van der Waals surface area contributed by atoms with E-state index in [1.807, 2.05) is 0 Å². The molecule has 1 aliphatic heterocycles. The van der Waals surface area contributed by atoms with Crippen molar-refractivity contribution in [3.63, 3.8) is 0 Å². The summed E-state index contributed by atoms with van der Waals surface area (Å²) in [5.41, 5.74) is 0.271. The maximum Gasteiger partial charge on any atom is 0.293 e. The van der Waals surface area contributed by atoms with E-state index in [-0.39, 0.29) is 32.7 Å². The number of nitro groups is 1. The Morgan fingerprint density at radius 1 is 1.04 bits per heavy atom. The second-order valence-electron chi connectivity index (χ2n) is 5.55. The number of amides is 2. The van der Waals surface area contributed by atoms with Crippen molar-refractivity contribution >= 4 is 81.1 Å². The van der Waals surface area contributed by atoms with Gasteiger partial charge in [-0.25, -0.2) is 0 Å². The highest BCUT2D eigenvalue weighted by Gasteiger charge is 2.36. The number of halogens is 4. The van der Waals surface area contributed by atoms with Crippen LogP contribution in [0.15, 0.2) is 35.2 Å². The van der Waals surface area contributed by atoms with Gasteiger partial charge in [-0.1, -0.05) is 52.5 Å². The second-order valence-corrected chi connectivity index (χ2v) is 8.17. The van der Waals surface area contributed by atoms with Crippen LogP contribution in [-0.4, -0.2) is 21.0 Å². The molecule has 0 saturated carbocycles. The van der Waals surface area contributed by atoms with Gasteiger partial charge in [0, 0.05) is 32.3 Å². The molecule has 0 spiro atoms. The number of thioether (sulfide) groups is 1. The molecule has 28 heavy (non-hydrogen) atoms. The topological polar surface area (TPSA) is 80.5 Å². The predicted octanol–water partition coefficient (Wildman–Crippen LogP) is 6.44. The summed E-state index contributed by atoms with van der Waals surface area (Å²) in [7, 11) is 0. The fourth-order valence-electron chi connectivity index (χ4n) is 2.42. The minimum absolute atomic E-state index is 0.0618. The van der Waals surface area contributed by atoms with Crippen LogP contribution >= 0.6 is 58.2 Å². The Balaban J connectivity index is 1.94. The van der Waals surface area contributed by atoms with E-state index in [4.69, 9.17) is 46.4 Å². The molecule has 0 radical (unpaired) electrons. The zero-order valence-electron chi connectivity index (χ0n) is 13.6. The minimum Gasteiger partial charge on any atom is -0.268 e. The van der Waals surface area contributed by atoms with Gasteiger partial charge in [0.05, 0.1) is 16.4 Å². The summed E-state index contributed by atoms with van der Waals surface area (Å²) < 4.78 is 0. The first-order valence-corrected chi connectivity index (χ1v) is 9.83. The van der Waals surface area contributed by atoms with Crippen LogP contribution in [0.3, 0.4) is 0 Å². The third kappa shape index (κ3) is 4.14. The third-order valence-electron chi connectivity index (χ3n) is 3.80. The number of imide groups is 1. The Kier molecular flexibility index (Phi) is 6.21. The monoisotopic (exact) mass is 476 g/mol. The number of benzene rings is 2. The lowest BCUT2D eigenvalue weighted by Gasteiger charge is -2.14. The van der Waals surface area contributed by atoms with Gasteiger partial charge in [-0.3, -0.25) is 24.6 Å². The van der Waals surface area contributed by atoms with E-state index in [0.29, 0.717) is 27.4 Å². The maximum atomic E-state index is 12.7.